The summed E-state index contributed by atoms with van der Waals surface area (Å²) >= 11 is 14.0. The molecule has 0 aromatic heterocycles. The Morgan fingerprint density at radius 3 is 2.56 bits per heavy atom. The molecule has 2 N–H and O–H groups in total. The van der Waals surface area contributed by atoms with Gasteiger partial charge in [0.2, 0.25) is 5.91 Å². The van der Waals surface area contributed by atoms with Crippen LogP contribution in [0.2, 0.25) is 5.02 Å². The van der Waals surface area contributed by atoms with E-state index in [2.05, 4.69) is 71.7 Å². The molecule has 0 saturated heterocycles. The first-order chi connectivity index (χ1) is 11.8. The van der Waals surface area contributed by atoms with Crippen molar-refractivity contribution in [2.24, 2.45) is 0 Å². The summed E-state index contributed by atoms with van der Waals surface area (Å²) in [5.74, 6) is -0.348. The first-order valence-electron chi connectivity index (χ1n) is 7.37. The van der Waals surface area contributed by atoms with Crippen molar-refractivity contribution in [3.63, 3.8) is 0 Å². The minimum absolute atomic E-state index is 0.0722. The Kier molecular flexibility index (Phi) is 7.96. The molecule has 0 heterocycles. The fourth-order valence-corrected chi connectivity index (χ4v) is 4.48. The summed E-state index contributed by atoms with van der Waals surface area (Å²) < 4.78 is 2.64. The number of nitrogens with one attached hydrogen (secondary N) is 2. The van der Waals surface area contributed by atoms with Gasteiger partial charge in [0.25, 0.3) is 5.91 Å². The fourth-order valence-electron chi connectivity index (χ4n) is 2.06. The molecule has 0 fully saturated rings. The third kappa shape index (κ3) is 5.80. The van der Waals surface area contributed by atoms with E-state index in [1.807, 2.05) is 13.0 Å². The summed E-state index contributed by atoms with van der Waals surface area (Å²) in [6.45, 7) is 1.94. The van der Waals surface area contributed by atoms with E-state index in [4.69, 9.17) is 11.6 Å². The van der Waals surface area contributed by atoms with Gasteiger partial charge in [-0.3, -0.25) is 9.59 Å². The second kappa shape index (κ2) is 9.52. The molecule has 8 heteroatoms. The molecule has 25 heavy (non-hydrogen) atoms. The number of hydrogen-bond donors (Lipinski definition) is 2. The molecule has 132 valence electrons. The topological polar surface area (TPSA) is 58.2 Å². The second-order valence-corrected chi connectivity index (χ2v) is 8.80. The van der Waals surface area contributed by atoms with Crippen LogP contribution >= 0.6 is 72.7 Å². The van der Waals surface area contributed by atoms with E-state index in [0.29, 0.717) is 28.4 Å². The molecule has 0 radical (unpaired) electrons. The highest BCUT2D eigenvalue weighted by atomic mass is 127. The van der Waals surface area contributed by atoms with Crippen LogP contribution in [0.3, 0.4) is 0 Å². The van der Waals surface area contributed by atoms with Gasteiger partial charge in [-0.25, -0.2) is 0 Å². The van der Waals surface area contributed by atoms with Gasteiger partial charge in [-0.15, -0.1) is 0 Å². The quantitative estimate of drug-likeness (QED) is 0.296. The molecule has 0 aliphatic carbocycles. The minimum Gasteiger partial charge on any atom is -0.326 e. The van der Waals surface area contributed by atoms with Crippen molar-refractivity contribution in [2.45, 2.75) is 19.8 Å². The molecule has 2 aromatic rings. The van der Waals surface area contributed by atoms with Gasteiger partial charge in [0, 0.05) is 23.7 Å². The van der Waals surface area contributed by atoms with Crippen LogP contribution in [0.4, 0.5) is 11.4 Å². The molecule has 2 amide bonds. The van der Waals surface area contributed by atoms with Crippen LogP contribution in [0.5, 0.6) is 0 Å². The van der Waals surface area contributed by atoms with Crippen molar-refractivity contribution in [1.29, 1.82) is 0 Å². The Morgan fingerprint density at radius 1 is 1.16 bits per heavy atom. The van der Waals surface area contributed by atoms with Gasteiger partial charge >= 0.3 is 0 Å². The Balaban J connectivity index is 2.25. The molecule has 0 aliphatic rings. The lowest BCUT2D eigenvalue weighted by Crippen LogP contribution is -2.15. The number of rotatable bonds is 5. The predicted molar refractivity (Wildman–Crippen MR) is 123 cm³/mol. The number of amides is 2. The average Bonchev–Trinajstić information content (AvgIpc) is 2.54. The van der Waals surface area contributed by atoms with E-state index in [0.717, 1.165) is 18.0 Å². The first kappa shape index (κ1) is 20.9. The van der Waals surface area contributed by atoms with Gasteiger partial charge in [-0.05, 0) is 97.9 Å². The SMILES string of the molecule is CCCC(=O)Nc1ccc(Cl)c(NC(=O)c2cc(I)cc(I)c2Br)c1. The summed E-state index contributed by atoms with van der Waals surface area (Å²) in [6, 6.07) is 8.77. The van der Waals surface area contributed by atoms with Crippen molar-refractivity contribution in [3.05, 3.63) is 52.5 Å². The van der Waals surface area contributed by atoms with E-state index in [1.54, 1.807) is 24.3 Å². The Labute approximate surface area is 186 Å². The molecule has 2 aromatic carbocycles. The van der Waals surface area contributed by atoms with Crippen molar-refractivity contribution >= 4 is 95.9 Å². The smallest absolute Gasteiger partial charge is 0.256 e. The van der Waals surface area contributed by atoms with Gasteiger partial charge < -0.3 is 10.6 Å². The molecule has 0 aliphatic heterocycles. The third-order valence-electron chi connectivity index (χ3n) is 3.21. The van der Waals surface area contributed by atoms with Crippen LogP contribution in [0.1, 0.15) is 30.1 Å². The van der Waals surface area contributed by atoms with Crippen molar-refractivity contribution in [1.82, 2.24) is 0 Å². The Bertz CT molecular complexity index is 831. The van der Waals surface area contributed by atoms with Crippen molar-refractivity contribution < 1.29 is 9.59 Å². The zero-order valence-corrected chi connectivity index (χ0v) is 19.8. The lowest BCUT2D eigenvalue weighted by Gasteiger charge is -2.12. The molecule has 0 bridgehead atoms. The van der Waals surface area contributed by atoms with E-state index < -0.39 is 0 Å². The van der Waals surface area contributed by atoms with Crippen LogP contribution < -0.4 is 10.6 Å². The maximum Gasteiger partial charge on any atom is 0.256 e. The monoisotopic (exact) mass is 646 g/mol. The summed E-state index contributed by atoms with van der Waals surface area (Å²) in [5, 5.41) is 6.00. The second-order valence-electron chi connectivity index (χ2n) is 5.20. The van der Waals surface area contributed by atoms with Crippen LogP contribution in [0.25, 0.3) is 0 Å². The molecule has 0 saturated carbocycles. The molecular weight excluding hydrogens is 633 g/mol. The number of halogens is 4. The minimum atomic E-state index is -0.276. The molecular formula is C17H14BrClI2N2O2. The van der Waals surface area contributed by atoms with E-state index >= 15 is 0 Å². The maximum atomic E-state index is 12.6. The van der Waals surface area contributed by atoms with Crippen molar-refractivity contribution in [2.75, 3.05) is 10.6 Å². The highest BCUT2D eigenvalue weighted by Crippen LogP contribution is 2.29. The molecule has 4 nitrogen and oxygen atoms in total. The number of anilines is 2. The van der Waals surface area contributed by atoms with Gasteiger partial charge in [-0.2, -0.15) is 0 Å². The van der Waals surface area contributed by atoms with Crippen LogP contribution in [-0.2, 0) is 4.79 Å². The van der Waals surface area contributed by atoms with Gasteiger partial charge in [0.1, 0.15) is 0 Å². The molecule has 0 atom stereocenters. The fraction of sp³-hybridized carbons (Fsp3) is 0.176. The Morgan fingerprint density at radius 2 is 1.88 bits per heavy atom. The summed E-state index contributed by atoms with van der Waals surface area (Å²) in [5.41, 5.74) is 1.56. The molecule has 0 spiro atoms. The van der Waals surface area contributed by atoms with E-state index in [9.17, 15) is 9.59 Å². The summed E-state index contributed by atoms with van der Waals surface area (Å²) in [6.07, 6.45) is 1.21. The van der Waals surface area contributed by atoms with Gasteiger partial charge in [0.05, 0.1) is 16.3 Å². The Hall–Kier alpha value is -0.390. The molecule has 0 unspecified atom stereocenters. The summed E-state index contributed by atoms with van der Waals surface area (Å²) in [4.78, 5) is 24.4. The maximum absolute atomic E-state index is 12.6. The van der Waals surface area contributed by atoms with Crippen LogP contribution in [-0.4, -0.2) is 11.8 Å². The third-order valence-corrected chi connectivity index (χ3v) is 6.61. The van der Waals surface area contributed by atoms with Crippen LogP contribution in [0, 0.1) is 7.14 Å². The lowest BCUT2D eigenvalue weighted by molar-refractivity contribution is -0.116. The first-order valence-corrected chi connectivity index (χ1v) is 10.7. The predicted octanol–water partition coefficient (Wildman–Crippen LogP) is 6.30. The number of carbonyl (C=O) groups excluding carboxylic acids is 2. The molecule has 2 rings (SSSR count). The zero-order valence-electron chi connectivity index (χ0n) is 13.1. The van der Waals surface area contributed by atoms with E-state index in [-0.39, 0.29) is 11.8 Å². The zero-order chi connectivity index (χ0) is 18.6. The van der Waals surface area contributed by atoms with Gasteiger partial charge in [-0.1, -0.05) is 18.5 Å². The van der Waals surface area contributed by atoms with Gasteiger partial charge in [0.15, 0.2) is 0 Å². The van der Waals surface area contributed by atoms with Crippen molar-refractivity contribution in [3.8, 4) is 0 Å². The highest BCUT2D eigenvalue weighted by Gasteiger charge is 2.15. The van der Waals surface area contributed by atoms with E-state index in [1.165, 1.54) is 0 Å². The summed E-state index contributed by atoms with van der Waals surface area (Å²) in [7, 11) is 0. The lowest BCUT2D eigenvalue weighted by atomic mass is 10.2. The normalized spacial score (nSPS) is 10.4. The number of hydrogen-bond acceptors (Lipinski definition) is 2. The number of benzene rings is 2. The standard InChI is InChI=1S/C17H14BrClI2N2O2/c1-2-3-15(24)22-10-4-5-12(19)14(8-10)23-17(25)11-6-9(20)7-13(21)16(11)18/h4-8H,2-3H2,1H3,(H,22,24)(H,23,25). The largest absolute Gasteiger partial charge is 0.326 e. The van der Waals surface area contributed by atoms with Crippen LogP contribution in [0.15, 0.2) is 34.8 Å². The average molecular weight is 647 g/mol. The highest BCUT2D eigenvalue weighted by molar-refractivity contribution is 14.1. The number of carbonyl (C=O) groups is 2.